The van der Waals surface area contributed by atoms with Crippen molar-refractivity contribution in [1.29, 1.82) is 5.41 Å². The Bertz CT molecular complexity index is 1280. The Labute approximate surface area is 227 Å². The van der Waals surface area contributed by atoms with Gasteiger partial charge in [-0.25, -0.2) is 9.98 Å². The number of hydrogen-bond acceptors (Lipinski definition) is 7. The Morgan fingerprint density at radius 2 is 1.95 bits per heavy atom. The number of ether oxygens (including phenoxy) is 3. The summed E-state index contributed by atoms with van der Waals surface area (Å²) in [7, 11) is 1.63. The molecule has 0 atom stereocenters. The molecule has 8 N–H and O–H groups in total. The van der Waals surface area contributed by atoms with E-state index in [1.54, 1.807) is 7.11 Å². The minimum absolute atomic E-state index is 0.0336. The van der Waals surface area contributed by atoms with E-state index in [2.05, 4.69) is 20.3 Å². The summed E-state index contributed by atoms with van der Waals surface area (Å²) >= 11 is 0. The number of carbonyl (C=O) groups is 1. The summed E-state index contributed by atoms with van der Waals surface area (Å²) in [6, 6.07) is 7.82. The molecule has 0 aliphatic heterocycles. The number of benzene rings is 1. The van der Waals surface area contributed by atoms with Crippen LogP contribution >= 0.6 is 0 Å². The number of nitrogens with zero attached hydrogens (tertiary/aromatic N) is 2. The van der Waals surface area contributed by atoms with Gasteiger partial charge in [0, 0.05) is 30.3 Å². The third-order valence-electron chi connectivity index (χ3n) is 6.94. The number of nitrogens with one attached hydrogen (secondary N) is 4. The van der Waals surface area contributed by atoms with Crippen LogP contribution in [0, 0.1) is 11.3 Å². The van der Waals surface area contributed by atoms with Gasteiger partial charge in [0.05, 0.1) is 44.7 Å². The van der Waals surface area contributed by atoms with Crippen LogP contribution < -0.4 is 21.5 Å². The highest BCUT2D eigenvalue weighted by atomic mass is 16.5. The number of hydrogen-bond donors (Lipinski definition) is 6. The van der Waals surface area contributed by atoms with Crippen molar-refractivity contribution in [1.82, 2.24) is 20.3 Å². The van der Waals surface area contributed by atoms with Crippen molar-refractivity contribution in [3.63, 3.8) is 0 Å². The molecule has 3 aromatic rings. The third kappa shape index (κ3) is 7.02. The fourth-order valence-electron chi connectivity index (χ4n) is 4.95. The first-order valence-corrected chi connectivity index (χ1v) is 13.3. The van der Waals surface area contributed by atoms with Crippen molar-refractivity contribution in [3.05, 3.63) is 35.8 Å². The fourth-order valence-corrected chi connectivity index (χ4v) is 4.95. The first-order chi connectivity index (χ1) is 19.0. The van der Waals surface area contributed by atoms with Crippen LogP contribution in [0.15, 0.2) is 29.3 Å². The van der Waals surface area contributed by atoms with Crippen LogP contribution in [-0.2, 0) is 14.3 Å². The largest absolute Gasteiger partial charge is 0.495 e. The molecular weight excluding hydrogens is 500 g/mol. The van der Waals surface area contributed by atoms with Gasteiger partial charge < -0.3 is 41.0 Å². The molecule has 0 bridgehead atoms. The predicted molar refractivity (Wildman–Crippen MR) is 150 cm³/mol. The van der Waals surface area contributed by atoms with Crippen LogP contribution in [0.2, 0.25) is 0 Å². The number of imidazole rings is 1. The molecule has 210 valence electrons. The lowest BCUT2D eigenvalue weighted by molar-refractivity contribution is -0.126. The summed E-state index contributed by atoms with van der Waals surface area (Å²) in [6.45, 7) is 2.92. The molecule has 1 fully saturated rings. The average molecular weight is 539 g/mol. The number of methoxy groups -OCH3 is 1. The van der Waals surface area contributed by atoms with Crippen LogP contribution in [0.1, 0.15) is 43.1 Å². The molecule has 1 aliphatic carbocycles. The molecule has 12 nitrogen and oxygen atoms in total. The molecule has 2 heterocycles. The van der Waals surface area contributed by atoms with Crippen molar-refractivity contribution >= 4 is 29.0 Å². The highest BCUT2D eigenvalue weighted by molar-refractivity contribution is 6.04. The van der Waals surface area contributed by atoms with Crippen molar-refractivity contribution in [2.75, 3.05) is 46.6 Å². The number of para-hydroxylation sites is 1. The number of nitrogens with two attached hydrogens (primary N) is 2. The smallest absolute Gasteiger partial charge is 0.223 e. The summed E-state index contributed by atoms with van der Waals surface area (Å²) < 4.78 is 16.2. The normalized spacial score (nSPS) is 17.8. The molecular formula is C27H38N8O4. The lowest BCUT2D eigenvalue weighted by atomic mass is 9.81. The van der Waals surface area contributed by atoms with Crippen molar-refractivity contribution < 1.29 is 19.0 Å². The van der Waals surface area contributed by atoms with Gasteiger partial charge in [-0.3, -0.25) is 10.2 Å². The lowest BCUT2D eigenvalue weighted by Gasteiger charge is -2.26. The zero-order chi connectivity index (χ0) is 27.6. The molecule has 12 heteroatoms. The van der Waals surface area contributed by atoms with E-state index in [0.29, 0.717) is 50.9 Å². The Morgan fingerprint density at radius 1 is 1.18 bits per heavy atom. The van der Waals surface area contributed by atoms with Gasteiger partial charge in [0.15, 0.2) is 5.84 Å². The van der Waals surface area contributed by atoms with E-state index in [9.17, 15) is 4.79 Å². The van der Waals surface area contributed by atoms with E-state index in [-0.39, 0.29) is 23.6 Å². The number of aromatic amines is 2. The van der Waals surface area contributed by atoms with Crippen molar-refractivity contribution in [2.24, 2.45) is 22.4 Å². The van der Waals surface area contributed by atoms with E-state index >= 15 is 0 Å². The average Bonchev–Trinajstić information content (AvgIpc) is 3.59. The first-order valence-electron chi connectivity index (χ1n) is 13.3. The molecule has 39 heavy (non-hydrogen) atoms. The van der Waals surface area contributed by atoms with Gasteiger partial charge in [0.1, 0.15) is 29.3 Å². The Hall–Kier alpha value is -3.74. The predicted octanol–water partition coefficient (Wildman–Crippen LogP) is 2.26. The highest BCUT2D eigenvalue weighted by Gasteiger charge is 2.30. The number of amidine groups is 1. The number of carbonyl (C=O) groups excluding carboxylic acids is 1. The maximum Gasteiger partial charge on any atom is 0.223 e. The quantitative estimate of drug-likeness (QED) is 0.103. The number of amides is 1. The monoisotopic (exact) mass is 538 g/mol. The van der Waals surface area contributed by atoms with Gasteiger partial charge >= 0.3 is 0 Å². The third-order valence-corrected chi connectivity index (χ3v) is 6.94. The van der Waals surface area contributed by atoms with E-state index in [1.807, 2.05) is 24.3 Å². The Kier molecular flexibility index (Phi) is 10.1. The minimum atomic E-state index is -0.0336. The van der Waals surface area contributed by atoms with Gasteiger partial charge in [0.25, 0.3) is 0 Å². The van der Waals surface area contributed by atoms with E-state index in [1.165, 1.54) is 0 Å². The molecule has 0 saturated heterocycles. The molecule has 4 rings (SSSR count). The topological polar surface area (TPSA) is 190 Å². The van der Waals surface area contributed by atoms with Gasteiger partial charge in [-0.15, -0.1) is 0 Å². The van der Waals surface area contributed by atoms with E-state index in [0.717, 1.165) is 60.2 Å². The zero-order valence-corrected chi connectivity index (χ0v) is 22.3. The second-order valence-electron chi connectivity index (χ2n) is 9.45. The Balaban J connectivity index is 1.38. The van der Waals surface area contributed by atoms with Crippen molar-refractivity contribution in [3.8, 4) is 17.1 Å². The standard InChI is InChI=1S/C27H38N8O4/c1-37-21-4-2-3-19-15-20(33-22(19)21)23-24(25(30)32-16-29)35-26(34-23)17-5-7-18(8-6-17)27(36)31-10-12-39-14-13-38-11-9-28/h2-4,15-18,33H,5-14,28H2,1H3,(H,31,36)(H,34,35)(H3,29,30,32). The van der Waals surface area contributed by atoms with Gasteiger partial charge in [-0.2, -0.15) is 0 Å². The van der Waals surface area contributed by atoms with Crippen molar-refractivity contribution in [2.45, 2.75) is 31.6 Å². The van der Waals surface area contributed by atoms with Crippen LogP contribution in [-0.4, -0.2) is 79.7 Å². The summed E-state index contributed by atoms with van der Waals surface area (Å²) in [6.07, 6.45) is 4.09. The molecule has 2 aromatic heterocycles. The summed E-state index contributed by atoms with van der Waals surface area (Å²) in [5.74, 6) is 1.91. The summed E-state index contributed by atoms with van der Waals surface area (Å²) in [5.41, 5.74) is 14.4. The number of aromatic nitrogens is 3. The van der Waals surface area contributed by atoms with Crippen LogP contribution in [0.3, 0.4) is 0 Å². The van der Waals surface area contributed by atoms with Crippen LogP contribution in [0.4, 0.5) is 0 Å². The first kappa shape index (κ1) is 28.3. The molecule has 1 aromatic carbocycles. The van der Waals surface area contributed by atoms with E-state index < -0.39 is 0 Å². The van der Waals surface area contributed by atoms with Gasteiger partial charge in [-0.1, -0.05) is 12.1 Å². The van der Waals surface area contributed by atoms with Crippen LogP contribution in [0.25, 0.3) is 22.3 Å². The Morgan fingerprint density at radius 3 is 2.67 bits per heavy atom. The number of aliphatic imine (C=N–C) groups is 1. The molecule has 0 unspecified atom stereocenters. The zero-order valence-electron chi connectivity index (χ0n) is 22.3. The maximum absolute atomic E-state index is 12.7. The summed E-state index contributed by atoms with van der Waals surface area (Å²) in [4.78, 5) is 28.3. The minimum Gasteiger partial charge on any atom is -0.495 e. The summed E-state index contributed by atoms with van der Waals surface area (Å²) in [5, 5.41) is 11.3. The number of H-pyrrole nitrogens is 2. The maximum atomic E-state index is 12.7. The lowest BCUT2D eigenvalue weighted by Crippen LogP contribution is -2.35. The number of rotatable bonds is 14. The molecule has 0 radical (unpaired) electrons. The molecule has 1 amide bonds. The second-order valence-corrected chi connectivity index (χ2v) is 9.45. The fraction of sp³-hybridized carbons (Fsp3) is 0.481. The van der Waals surface area contributed by atoms with E-state index in [4.69, 9.17) is 36.1 Å². The highest BCUT2D eigenvalue weighted by Crippen LogP contribution is 2.37. The number of fused-ring (bicyclic) bond motifs is 1. The SMILES string of the molecule is COc1cccc2cc(-c3nc(C4CCC(C(=O)NCCOCCOCCN)CC4)[nH]c3C(N)=NC=N)[nH]c12. The second kappa shape index (κ2) is 13.9. The van der Waals surface area contributed by atoms with Gasteiger partial charge in [0.2, 0.25) is 5.91 Å². The molecule has 1 aliphatic rings. The van der Waals surface area contributed by atoms with Gasteiger partial charge in [-0.05, 0) is 37.8 Å². The molecule has 0 spiro atoms. The molecule has 1 saturated carbocycles. The van der Waals surface area contributed by atoms with Crippen LogP contribution in [0.5, 0.6) is 5.75 Å².